The molecule has 22 heteroatoms. The molecule has 0 unspecified atom stereocenters. The first-order valence-electron chi connectivity index (χ1n) is 29.1. The molecule has 8 heterocycles. The zero-order valence-corrected chi connectivity index (χ0v) is 48.0. The fraction of sp³-hybridized carbons (Fsp3) is 0.444. The number of ether oxygens (including phenoxy) is 4. The van der Waals surface area contributed by atoms with E-state index in [2.05, 4.69) is 30.4 Å². The number of hydrogen-bond acceptors (Lipinski definition) is 16. The van der Waals surface area contributed by atoms with Gasteiger partial charge in [-0.3, -0.25) is 14.4 Å². The number of hydrogen-bond donors (Lipinski definition) is 7. The molecule has 444 valence electrons. The second kappa shape index (κ2) is 21.9. The SMILES string of the molecule is CC(C)(O)COc1ccc2c(C(=O)NC3CC4(C3)CC(Oc3nc5ncccc5cc3C(N)=O)C4)cnn2c1C1CC1.CC(C)(O)COc1ccc2c(C(=O)O)ccn2c1C1CC1.NC(=O)c1cc2cccnc2nc1OC1CC2(CC(N)C2)C1. The number of amides is 3. The van der Waals surface area contributed by atoms with Crippen molar-refractivity contribution in [3.05, 3.63) is 125 Å². The van der Waals surface area contributed by atoms with Gasteiger partial charge in [-0.1, -0.05) is 0 Å². The van der Waals surface area contributed by atoms with Crippen LogP contribution in [0.25, 0.3) is 33.1 Å². The van der Waals surface area contributed by atoms with Crippen LogP contribution in [0.15, 0.2) is 91.5 Å². The van der Waals surface area contributed by atoms with Gasteiger partial charge < -0.3 is 61.2 Å². The lowest BCUT2D eigenvalue weighted by Gasteiger charge is -2.57. The minimum absolute atomic E-state index is 0.0679. The highest BCUT2D eigenvalue weighted by Gasteiger charge is 2.55. The van der Waals surface area contributed by atoms with Crippen LogP contribution in [0.1, 0.15) is 169 Å². The van der Waals surface area contributed by atoms with Gasteiger partial charge in [0.15, 0.2) is 11.3 Å². The van der Waals surface area contributed by atoms with E-state index in [9.17, 15) is 34.5 Å². The van der Waals surface area contributed by atoms with Crippen LogP contribution in [0.4, 0.5) is 0 Å². The summed E-state index contributed by atoms with van der Waals surface area (Å²) >= 11 is 0. The van der Waals surface area contributed by atoms with Crippen LogP contribution in [-0.2, 0) is 0 Å². The van der Waals surface area contributed by atoms with Gasteiger partial charge in [0.1, 0.15) is 48.0 Å². The Kier molecular flexibility index (Phi) is 14.7. The number of carboxylic acid groups (broad SMARTS) is 1. The monoisotopic (exact) mass is 1160 g/mol. The van der Waals surface area contributed by atoms with Crippen molar-refractivity contribution in [2.24, 2.45) is 28.0 Å². The van der Waals surface area contributed by atoms with E-state index in [0.717, 1.165) is 110 Å². The third kappa shape index (κ3) is 12.1. The molecule has 85 heavy (non-hydrogen) atoms. The van der Waals surface area contributed by atoms with Crippen LogP contribution in [0.3, 0.4) is 0 Å². The predicted molar refractivity (Wildman–Crippen MR) is 313 cm³/mol. The molecule has 2 spiro atoms. The van der Waals surface area contributed by atoms with E-state index in [4.69, 9.17) is 36.1 Å². The lowest BCUT2D eigenvalue weighted by atomic mass is 9.53. The fourth-order valence-electron chi connectivity index (χ4n) is 12.7. The minimum Gasteiger partial charge on any atom is -0.489 e. The number of aromatic carboxylic acids is 1. The van der Waals surface area contributed by atoms with E-state index in [-0.39, 0.29) is 54.2 Å². The number of aliphatic hydroxyl groups is 2. The maximum Gasteiger partial charge on any atom is 0.337 e. The van der Waals surface area contributed by atoms with Gasteiger partial charge in [-0.05, 0) is 182 Å². The van der Waals surface area contributed by atoms with Gasteiger partial charge in [0, 0.05) is 53.3 Å². The Bertz CT molecular complexity index is 3900. The van der Waals surface area contributed by atoms with Crippen molar-refractivity contribution in [2.45, 2.75) is 152 Å². The number of fused-ring (bicyclic) bond motifs is 4. The van der Waals surface area contributed by atoms with E-state index in [1.54, 1.807) is 94.9 Å². The van der Waals surface area contributed by atoms with E-state index in [0.29, 0.717) is 68.4 Å². The van der Waals surface area contributed by atoms with Crippen LogP contribution in [-0.4, -0.2) is 122 Å². The van der Waals surface area contributed by atoms with Gasteiger partial charge in [-0.25, -0.2) is 19.3 Å². The molecule has 22 nitrogen and oxygen atoms in total. The molecule has 0 aromatic carbocycles. The maximum absolute atomic E-state index is 13.3. The van der Waals surface area contributed by atoms with Crippen LogP contribution in [0.2, 0.25) is 0 Å². The van der Waals surface area contributed by atoms with Gasteiger partial charge in [0.2, 0.25) is 11.8 Å². The first kappa shape index (κ1) is 57.0. The molecule has 6 saturated carbocycles. The molecule has 0 saturated heterocycles. The topological polar surface area (TPSA) is 329 Å². The smallest absolute Gasteiger partial charge is 0.337 e. The lowest BCUT2D eigenvalue weighted by Crippen LogP contribution is -2.58. The van der Waals surface area contributed by atoms with E-state index in [1.807, 2.05) is 33.2 Å². The predicted octanol–water partition coefficient (Wildman–Crippen LogP) is 7.57. The quantitative estimate of drug-likeness (QED) is 0.0462. The largest absolute Gasteiger partial charge is 0.489 e. The van der Waals surface area contributed by atoms with E-state index < -0.39 is 29.0 Å². The Balaban J connectivity index is 0.000000138. The molecule has 8 aromatic rings. The lowest BCUT2D eigenvalue weighted by molar-refractivity contribution is -0.0847. The summed E-state index contributed by atoms with van der Waals surface area (Å²) in [6.45, 7) is 7.18. The fourth-order valence-corrected chi connectivity index (χ4v) is 12.7. The van der Waals surface area contributed by atoms with Crippen LogP contribution >= 0.6 is 0 Å². The Morgan fingerprint density at radius 2 is 1.14 bits per heavy atom. The highest BCUT2D eigenvalue weighted by molar-refractivity contribution is 6.01. The molecule has 3 amide bonds. The Morgan fingerprint density at radius 1 is 0.647 bits per heavy atom. The number of primary amides is 2. The average Bonchev–Trinajstić information content (AvgIpc) is 1.95. The molecule has 0 bridgehead atoms. The number of nitrogens with two attached hydrogens (primary N) is 3. The van der Waals surface area contributed by atoms with Crippen LogP contribution in [0.5, 0.6) is 23.3 Å². The van der Waals surface area contributed by atoms with Crippen molar-refractivity contribution in [1.29, 1.82) is 0 Å². The summed E-state index contributed by atoms with van der Waals surface area (Å²) in [4.78, 5) is 65.5. The van der Waals surface area contributed by atoms with E-state index in [1.165, 1.54) is 0 Å². The van der Waals surface area contributed by atoms with Crippen LogP contribution in [0, 0.1) is 10.8 Å². The number of pyridine rings is 6. The van der Waals surface area contributed by atoms with Crippen molar-refractivity contribution in [2.75, 3.05) is 13.2 Å². The molecule has 10 N–H and O–H groups in total. The minimum atomic E-state index is -0.949. The standard InChI is InChI=1S/C31H34N6O5.C16H18N4O2.C16H19NO4/c1-30(2,40)16-41-24-8-7-23-22(15-34-37(23)25(24)17-5-6-17)28(39)35-19-11-31(12-19)13-20(14-31)42-29-21(26(32)38)10-18-4-3-9-33-27(18)36-29;17-10-5-16(6-10)7-11(8-16)22-15-12(13(18)21)4-9-2-1-3-19-14(9)20-15;1-16(2,20)9-21-13-6-5-12-11(15(18)19)7-8-17(12)14(13)10-3-4-10/h3-4,7-10,15,17,19-20,40H,5-6,11-14,16H2,1-2H3,(H2,32,38)(H,35,39);1-4,10-11H,5-8,17H2,(H2,18,21);5-8,10,20H,3-4,9H2,1-2H3,(H,18,19). The summed E-state index contributed by atoms with van der Waals surface area (Å²) in [5.74, 6) is 0.495. The van der Waals surface area contributed by atoms with Crippen molar-refractivity contribution in [3.8, 4) is 23.3 Å². The summed E-state index contributed by atoms with van der Waals surface area (Å²) in [6, 6.07) is 20.0. The zero-order valence-electron chi connectivity index (χ0n) is 48.0. The highest BCUT2D eigenvalue weighted by Crippen LogP contribution is 2.58. The van der Waals surface area contributed by atoms with Crippen LogP contribution < -0.4 is 41.5 Å². The second-order valence-electron chi connectivity index (χ2n) is 25.6. The Hall–Kier alpha value is -8.47. The summed E-state index contributed by atoms with van der Waals surface area (Å²) in [6.07, 6.45) is 18.5. The first-order valence-corrected chi connectivity index (χ1v) is 29.1. The third-order valence-electron chi connectivity index (χ3n) is 17.0. The molecule has 0 aliphatic heterocycles. The first-order chi connectivity index (χ1) is 40.5. The zero-order chi connectivity index (χ0) is 59.7. The molecular weight excluding hydrogens is 1090 g/mol. The number of rotatable bonds is 17. The Labute approximate surface area is 489 Å². The molecule has 0 atom stereocenters. The number of aromatic nitrogens is 7. The van der Waals surface area contributed by atoms with E-state index >= 15 is 0 Å². The second-order valence-corrected chi connectivity index (χ2v) is 25.6. The third-order valence-corrected chi connectivity index (χ3v) is 17.0. The van der Waals surface area contributed by atoms with Gasteiger partial charge in [0.25, 0.3) is 17.7 Å². The molecular formula is C63H71N11O11. The molecule has 6 fully saturated rings. The van der Waals surface area contributed by atoms with Crippen molar-refractivity contribution < 1.29 is 53.4 Å². The number of nitrogens with zero attached hydrogens (tertiary/aromatic N) is 7. The van der Waals surface area contributed by atoms with Gasteiger partial charge in [-0.15, -0.1) is 0 Å². The number of carbonyl (C=O) groups excluding carboxylic acids is 3. The van der Waals surface area contributed by atoms with Gasteiger partial charge in [0.05, 0.1) is 50.9 Å². The number of carbonyl (C=O) groups is 4. The van der Waals surface area contributed by atoms with Gasteiger partial charge >= 0.3 is 5.97 Å². The molecule has 6 aliphatic carbocycles. The molecule has 8 aromatic heterocycles. The van der Waals surface area contributed by atoms with Crippen molar-refractivity contribution in [3.63, 3.8) is 0 Å². The number of nitrogens with one attached hydrogen (secondary N) is 1. The molecule has 0 radical (unpaired) electrons. The summed E-state index contributed by atoms with van der Waals surface area (Å²) in [5.41, 5.74) is 21.4. The summed E-state index contributed by atoms with van der Waals surface area (Å²) in [5, 5.41) is 38.4. The highest BCUT2D eigenvalue weighted by atomic mass is 16.5. The summed E-state index contributed by atoms with van der Waals surface area (Å²) in [7, 11) is 0. The summed E-state index contributed by atoms with van der Waals surface area (Å²) < 4.78 is 27.5. The number of carboxylic acids is 1. The Morgan fingerprint density at radius 3 is 1.62 bits per heavy atom. The normalized spacial score (nSPS) is 23.1. The molecule has 14 rings (SSSR count). The average molecular weight is 1160 g/mol. The molecule has 6 aliphatic rings. The van der Waals surface area contributed by atoms with Crippen molar-refractivity contribution >= 4 is 56.8 Å². The maximum atomic E-state index is 13.3. The van der Waals surface area contributed by atoms with Crippen molar-refractivity contribution in [1.82, 2.24) is 39.3 Å². The van der Waals surface area contributed by atoms with Gasteiger partial charge in [-0.2, -0.15) is 15.1 Å².